The molecule has 87 heavy (non-hydrogen) atoms. The highest BCUT2D eigenvalue weighted by atomic mass is 32.1. The zero-order valence-electron chi connectivity index (χ0n) is 53.3. The van der Waals surface area contributed by atoms with Crippen LogP contribution in [0.3, 0.4) is 0 Å². The summed E-state index contributed by atoms with van der Waals surface area (Å²) >= 11 is 11.5. The van der Waals surface area contributed by atoms with Gasteiger partial charge >= 0.3 is 0 Å². The van der Waals surface area contributed by atoms with Crippen molar-refractivity contribution in [1.82, 2.24) is 0 Å². The molecule has 0 saturated heterocycles. The highest BCUT2D eigenvalue weighted by Gasteiger charge is 2.45. The molecule has 3 atom stereocenters. The third-order valence-corrected chi connectivity index (χ3v) is 27.3. The van der Waals surface area contributed by atoms with Crippen LogP contribution in [0.1, 0.15) is 234 Å². The van der Waals surface area contributed by atoms with Crippen LogP contribution in [0.15, 0.2) is 121 Å². The van der Waals surface area contributed by atoms with E-state index in [-0.39, 0.29) is 17.2 Å². The van der Waals surface area contributed by atoms with Crippen LogP contribution >= 0.6 is 68.0 Å². The average Bonchev–Trinajstić information content (AvgIpc) is 1.57. The van der Waals surface area contributed by atoms with E-state index in [2.05, 4.69) is 172 Å². The summed E-state index contributed by atoms with van der Waals surface area (Å²) in [7, 11) is 0. The zero-order valence-corrected chi connectivity index (χ0v) is 58.2. The number of benzene rings is 4. The molecule has 0 spiro atoms. The monoisotopic (exact) mass is 1270 g/mol. The first-order chi connectivity index (χ1) is 42.5. The fourth-order valence-electron chi connectivity index (χ4n) is 14.3. The number of amides is 2. The quantitative estimate of drug-likeness (QED) is 0.0321. The molecule has 0 radical (unpaired) electrons. The Morgan fingerprint density at radius 1 is 0.471 bits per heavy atom. The lowest BCUT2D eigenvalue weighted by molar-refractivity contribution is 0.0927. The van der Waals surface area contributed by atoms with Crippen LogP contribution in [-0.4, -0.2) is 11.8 Å². The molecule has 456 valence electrons. The lowest BCUT2D eigenvalue weighted by atomic mass is 9.74. The molecule has 0 N–H and O–H groups in total. The second-order valence-corrected chi connectivity index (χ2v) is 31.7. The Hall–Kier alpha value is -5.00. The van der Waals surface area contributed by atoms with Crippen LogP contribution in [-0.2, 0) is 30.1 Å². The fraction of sp³-hybridized carbons (Fsp3) is 0.436. The lowest BCUT2D eigenvalue weighted by Gasteiger charge is -2.31. The molecule has 3 nitrogen and oxygen atoms in total. The van der Waals surface area contributed by atoms with Gasteiger partial charge < -0.3 is 0 Å². The predicted molar refractivity (Wildman–Crippen MR) is 387 cm³/mol. The molecule has 1 aliphatic rings. The van der Waals surface area contributed by atoms with Gasteiger partial charge in [-0.1, -0.05) is 225 Å². The molecule has 0 fully saturated rings. The third-order valence-electron chi connectivity index (χ3n) is 19.6. The van der Waals surface area contributed by atoms with Gasteiger partial charge in [0.05, 0.1) is 20.8 Å². The van der Waals surface area contributed by atoms with E-state index in [1.165, 1.54) is 175 Å². The Morgan fingerprint density at radius 2 is 1.03 bits per heavy atom. The topological polar surface area (TPSA) is 37.4 Å². The summed E-state index contributed by atoms with van der Waals surface area (Å²) in [6.07, 6.45) is 24.6. The van der Waals surface area contributed by atoms with Crippen molar-refractivity contribution in [2.24, 2.45) is 11.8 Å². The summed E-state index contributed by atoms with van der Waals surface area (Å²) in [5.41, 5.74) is 7.29. The molecule has 0 aliphatic carbocycles. The predicted octanol–water partition coefficient (Wildman–Crippen LogP) is 25.9. The number of nitrogens with zero attached hydrogens (tertiary/aromatic N) is 1. The zero-order chi connectivity index (χ0) is 60.8. The molecule has 3 unspecified atom stereocenters. The van der Waals surface area contributed by atoms with Crippen molar-refractivity contribution in [1.29, 1.82) is 0 Å². The van der Waals surface area contributed by atoms with E-state index in [0.29, 0.717) is 28.0 Å². The number of imide groups is 1. The SMILES string of the molecule is CCCCCCCCc1ccc(N2C(=O)c3sc4c(-c5cc6c(-c7ccc(CC(CC)CCCC)s7)c7sc(C(CC)(CC)c8ccccc8)cc7c(-c7ccc(CC(CC)CCCC)s7)c6s5)sc(C(C)(CCC)c5ccccc5)c4c3C2=O)cc1. The van der Waals surface area contributed by atoms with Gasteiger partial charge in [-0.3, -0.25) is 9.59 Å². The lowest BCUT2D eigenvalue weighted by Crippen LogP contribution is -2.29. The number of thiophene rings is 6. The van der Waals surface area contributed by atoms with Crippen LogP contribution in [0.4, 0.5) is 5.69 Å². The minimum atomic E-state index is -0.418. The van der Waals surface area contributed by atoms with Crippen molar-refractivity contribution in [3.63, 3.8) is 0 Å². The molecule has 2 amide bonds. The minimum absolute atomic E-state index is 0.135. The molecule has 10 aromatic rings. The average molecular weight is 1270 g/mol. The molecule has 6 aromatic heterocycles. The van der Waals surface area contributed by atoms with Gasteiger partial charge in [0.25, 0.3) is 11.8 Å². The molecule has 7 heterocycles. The van der Waals surface area contributed by atoms with E-state index in [4.69, 9.17) is 0 Å². The Morgan fingerprint density at radius 3 is 1.61 bits per heavy atom. The summed E-state index contributed by atoms with van der Waals surface area (Å²) in [4.78, 5) is 43.3. The number of carbonyl (C=O) groups excluding carboxylic acids is 2. The summed E-state index contributed by atoms with van der Waals surface area (Å²) in [6.45, 7) is 21.1. The smallest absolute Gasteiger partial charge is 0.268 e. The molecule has 4 aromatic carbocycles. The number of hydrogen-bond donors (Lipinski definition) is 0. The van der Waals surface area contributed by atoms with Gasteiger partial charge in [0.15, 0.2) is 0 Å². The second-order valence-electron chi connectivity index (χ2n) is 25.2. The van der Waals surface area contributed by atoms with Gasteiger partial charge in [-0.2, -0.15) is 0 Å². The third kappa shape index (κ3) is 12.5. The van der Waals surface area contributed by atoms with Crippen molar-refractivity contribution in [2.45, 2.75) is 208 Å². The largest absolute Gasteiger partial charge is 0.276 e. The van der Waals surface area contributed by atoms with E-state index in [9.17, 15) is 0 Å². The van der Waals surface area contributed by atoms with E-state index in [0.717, 1.165) is 61.5 Å². The number of hydrogen-bond acceptors (Lipinski definition) is 8. The van der Waals surface area contributed by atoms with Crippen molar-refractivity contribution >= 4 is 116 Å². The van der Waals surface area contributed by atoms with Gasteiger partial charge in [0.2, 0.25) is 0 Å². The van der Waals surface area contributed by atoms with E-state index in [1.54, 1.807) is 11.3 Å². The first-order valence-corrected chi connectivity index (χ1v) is 38.3. The Labute approximate surface area is 544 Å². The number of carbonyl (C=O) groups is 2. The Balaban J connectivity index is 1.14. The first kappa shape index (κ1) is 63.6. The van der Waals surface area contributed by atoms with Crippen LogP contribution in [0.25, 0.3) is 60.9 Å². The van der Waals surface area contributed by atoms with Gasteiger partial charge in [0, 0.05) is 81.7 Å². The van der Waals surface area contributed by atoms with E-state index >= 15 is 9.59 Å². The maximum atomic E-state index is 15.5. The summed E-state index contributed by atoms with van der Waals surface area (Å²) < 4.78 is 3.78. The molecular weight excluding hydrogens is 1180 g/mol. The number of rotatable bonds is 31. The normalized spacial score (nSPS) is 14.3. The van der Waals surface area contributed by atoms with Crippen LogP contribution in [0.2, 0.25) is 0 Å². The minimum Gasteiger partial charge on any atom is -0.268 e. The molecular formula is C78H91NO2S6. The van der Waals surface area contributed by atoms with Gasteiger partial charge in [-0.25, -0.2) is 4.90 Å². The highest BCUT2D eigenvalue weighted by Crippen LogP contribution is 2.60. The number of unbranched alkanes of at least 4 members (excludes halogenated alkanes) is 7. The summed E-state index contributed by atoms with van der Waals surface area (Å²) in [6, 6.07) is 45.6. The van der Waals surface area contributed by atoms with Crippen molar-refractivity contribution in [2.75, 3.05) is 4.90 Å². The summed E-state index contributed by atoms with van der Waals surface area (Å²) in [5.74, 6) is 0.938. The van der Waals surface area contributed by atoms with Crippen molar-refractivity contribution in [3.05, 3.63) is 168 Å². The molecule has 1 aliphatic heterocycles. The molecule has 0 saturated carbocycles. The highest BCUT2D eigenvalue weighted by molar-refractivity contribution is 7.32. The molecule has 9 heteroatoms. The van der Waals surface area contributed by atoms with Gasteiger partial charge in [-0.05, 0) is 122 Å². The Bertz CT molecular complexity index is 3820. The maximum absolute atomic E-state index is 15.5. The van der Waals surface area contributed by atoms with E-state index < -0.39 is 5.41 Å². The Kier molecular flexibility index (Phi) is 20.8. The number of aryl methyl sites for hydroxylation is 1. The number of fused-ring (bicyclic) bond motifs is 5. The van der Waals surface area contributed by atoms with Crippen molar-refractivity contribution in [3.8, 4) is 30.6 Å². The maximum Gasteiger partial charge on any atom is 0.276 e. The van der Waals surface area contributed by atoms with Gasteiger partial charge in [-0.15, -0.1) is 68.0 Å². The molecule has 0 bridgehead atoms. The number of anilines is 1. The molecule has 11 rings (SSSR count). The van der Waals surface area contributed by atoms with E-state index in [1.807, 2.05) is 68.8 Å². The first-order valence-electron chi connectivity index (χ1n) is 33.4. The fourth-order valence-corrected chi connectivity index (χ4v) is 22.7. The van der Waals surface area contributed by atoms with Crippen LogP contribution in [0.5, 0.6) is 0 Å². The van der Waals surface area contributed by atoms with Crippen LogP contribution < -0.4 is 4.90 Å². The van der Waals surface area contributed by atoms with Crippen molar-refractivity contribution < 1.29 is 9.59 Å². The standard InChI is InChI=1S/C78H91NO2S6/c1-10-18-21-22-23-26-33-53-38-40-56(41-39-53)79-75(80)68-67-72(86-73(68)76(79)81)71(87-74(67)77(9,46-13-4)54-34-27-24-28-35-54)63-49-59-65(61-44-42-57(82-61)47-51(14-5)31-19-11-2)70-60(50-64(85-70)78(16-7,17-8)55-36-29-25-30-37-55)66(69(59)84-63)62-45-43-58(83-62)48-52(15-6)32-20-12-3/h24-25,27-30,34-45,49-52H,10-23,26,31-33,46-48H2,1-9H3. The van der Waals surface area contributed by atoms with Crippen LogP contribution in [0, 0.1) is 11.8 Å². The van der Waals surface area contributed by atoms with Gasteiger partial charge in [0.1, 0.15) is 4.88 Å². The summed E-state index contributed by atoms with van der Waals surface area (Å²) in [5, 5.41) is 3.65. The second kappa shape index (κ2) is 28.4.